The maximum Gasteiger partial charge on any atom is 0.279 e. The molecule has 0 N–H and O–H groups in total. The molecule has 1 aliphatic rings. The van der Waals surface area contributed by atoms with Crippen LogP contribution in [0.15, 0.2) is 93.3 Å². The smallest absolute Gasteiger partial charge is 0.207 e. The van der Waals surface area contributed by atoms with E-state index in [9.17, 15) is 12.8 Å². The van der Waals surface area contributed by atoms with E-state index in [0.717, 1.165) is 14.5 Å². The first-order valence-electron chi connectivity index (χ1n) is 8.63. The van der Waals surface area contributed by atoms with E-state index in [4.69, 9.17) is 0 Å². The van der Waals surface area contributed by atoms with Crippen LogP contribution in [0, 0.1) is 5.82 Å². The second kappa shape index (κ2) is 7.48. The zero-order valence-corrected chi connectivity index (χ0v) is 17.1. The molecule has 3 aromatic carbocycles. The summed E-state index contributed by atoms with van der Waals surface area (Å²) in [5.41, 5.74) is 2.21. The number of rotatable bonds is 4. The Kier molecular flexibility index (Phi) is 5.03. The topological polar surface area (TPSA) is 49.7 Å². The van der Waals surface area contributed by atoms with Gasteiger partial charge in [0.15, 0.2) is 0 Å². The summed E-state index contributed by atoms with van der Waals surface area (Å²) in [6.45, 7) is 0. The summed E-state index contributed by atoms with van der Waals surface area (Å²) in [7, 11) is -3.85. The highest BCUT2D eigenvalue weighted by molar-refractivity contribution is 9.10. The Labute approximate surface area is 171 Å². The molecule has 4 nitrogen and oxygen atoms in total. The lowest BCUT2D eigenvalue weighted by Gasteiger charge is -2.23. The zero-order valence-electron chi connectivity index (χ0n) is 14.7. The normalized spacial score (nSPS) is 16.9. The molecule has 0 radical (unpaired) electrons. The van der Waals surface area contributed by atoms with Crippen LogP contribution in [0.3, 0.4) is 0 Å². The third kappa shape index (κ3) is 3.59. The number of hydrogen-bond acceptors (Lipinski definition) is 3. The maximum absolute atomic E-state index is 13.4. The molecule has 0 saturated heterocycles. The SMILES string of the molecule is O=S(=O)(c1ccccc1)N1N=C(c2ccc(Br)cc2)C[C@@H]1c1ccc(F)cc1. The summed E-state index contributed by atoms with van der Waals surface area (Å²) in [6.07, 6.45) is 0.402. The third-order valence-corrected chi connectivity index (χ3v) is 6.82. The van der Waals surface area contributed by atoms with Crippen LogP contribution < -0.4 is 0 Å². The summed E-state index contributed by atoms with van der Waals surface area (Å²) >= 11 is 3.40. The molecule has 1 atom stereocenters. The molecule has 7 heteroatoms. The molecule has 3 aromatic rings. The van der Waals surface area contributed by atoms with Gasteiger partial charge in [0.05, 0.1) is 16.6 Å². The highest BCUT2D eigenvalue weighted by Crippen LogP contribution is 2.37. The molecule has 0 fully saturated rings. The molecule has 0 amide bonds. The van der Waals surface area contributed by atoms with Crippen molar-refractivity contribution >= 4 is 31.7 Å². The van der Waals surface area contributed by atoms with Crippen molar-refractivity contribution in [3.63, 3.8) is 0 Å². The summed E-state index contributed by atoms with van der Waals surface area (Å²) in [4.78, 5) is 0.169. The molecule has 0 aliphatic carbocycles. The first kappa shape index (κ1) is 18.8. The lowest BCUT2D eigenvalue weighted by molar-refractivity contribution is 0.371. The summed E-state index contributed by atoms with van der Waals surface area (Å²) < 4.78 is 42.0. The molecule has 1 aliphatic heterocycles. The van der Waals surface area contributed by atoms with E-state index in [1.54, 1.807) is 42.5 Å². The van der Waals surface area contributed by atoms with Crippen molar-refractivity contribution in [2.45, 2.75) is 17.4 Å². The Morgan fingerprint density at radius 1 is 0.929 bits per heavy atom. The fourth-order valence-electron chi connectivity index (χ4n) is 3.16. The number of hydrogen-bond donors (Lipinski definition) is 0. The minimum Gasteiger partial charge on any atom is -0.207 e. The molecule has 142 valence electrons. The van der Waals surface area contributed by atoms with Crippen molar-refractivity contribution in [1.29, 1.82) is 0 Å². The fourth-order valence-corrected chi connectivity index (χ4v) is 4.88. The average molecular weight is 459 g/mol. The Hall–Kier alpha value is -2.51. The van der Waals surface area contributed by atoms with Gasteiger partial charge in [-0.05, 0) is 47.5 Å². The van der Waals surface area contributed by atoms with Gasteiger partial charge in [0.2, 0.25) is 0 Å². The van der Waals surface area contributed by atoms with E-state index in [1.165, 1.54) is 12.1 Å². The predicted molar refractivity (Wildman–Crippen MR) is 110 cm³/mol. The van der Waals surface area contributed by atoms with Crippen molar-refractivity contribution in [2.75, 3.05) is 0 Å². The van der Waals surface area contributed by atoms with E-state index in [1.807, 2.05) is 24.3 Å². The second-order valence-corrected chi connectivity index (χ2v) is 9.13. The minimum absolute atomic E-state index is 0.169. The lowest BCUT2D eigenvalue weighted by atomic mass is 9.99. The lowest BCUT2D eigenvalue weighted by Crippen LogP contribution is -2.27. The quantitative estimate of drug-likeness (QED) is 0.544. The number of hydrazone groups is 1. The van der Waals surface area contributed by atoms with Gasteiger partial charge in [0.25, 0.3) is 10.0 Å². The van der Waals surface area contributed by atoms with Crippen LogP contribution >= 0.6 is 15.9 Å². The van der Waals surface area contributed by atoms with Crippen LogP contribution in [0.5, 0.6) is 0 Å². The Balaban J connectivity index is 1.79. The van der Waals surface area contributed by atoms with Crippen molar-refractivity contribution < 1.29 is 12.8 Å². The molecule has 4 rings (SSSR count). The van der Waals surface area contributed by atoms with Gasteiger partial charge < -0.3 is 0 Å². The van der Waals surface area contributed by atoms with Gasteiger partial charge in [-0.25, -0.2) is 4.39 Å². The average Bonchev–Trinajstić information content (AvgIpc) is 3.16. The Morgan fingerprint density at radius 3 is 2.21 bits per heavy atom. The van der Waals surface area contributed by atoms with Crippen molar-refractivity contribution in [2.24, 2.45) is 5.10 Å². The number of benzene rings is 3. The van der Waals surface area contributed by atoms with Gasteiger partial charge in [0.1, 0.15) is 5.82 Å². The Morgan fingerprint density at radius 2 is 1.57 bits per heavy atom. The van der Waals surface area contributed by atoms with E-state index < -0.39 is 16.1 Å². The molecule has 1 heterocycles. The van der Waals surface area contributed by atoms with Crippen LogP contribution in [0.4, 0.5) is 4.39 Å². The van der Waals surface area contributed by atoms with Gasteiger partial charge >= 0.3 is 0 Å². The first-order chi connectivity index (χ1) is 13.4. The molecule has 0 unspecified atom stereocenters. The van der Waals surface area contributed by atoms with Gasteiger partial charge in [-0.3, -0.25) is 0 Å². The summed E-state index contributed by atoms with van der Waals surface area (Å²) in [5.74, 6) is -0.367. The van der Waals surface area contributed by atoms with Gasteiger partial charge in [-0.1, -0.05) is 58.4 Å². The maximum atomic E-state index is 13.4. The standard InChI is InChI=1S/C21H16BrFN2O2S/c22-17-10-6-15(7-11-17)20-14-21(16-8-12-18(23)13-9-16)25(24-20)28(26,27)19-4-2-1-3-5-19/h1-13,21H,14H2/t21-/m1/s1. The van der Waals surface area contributed by atoms with Gasteiger partial charge in [-0.2, -0.15) is 17.9 Å². The van der Waals surface area contributed by atoms with Gasteiger partial charge in [0, 0.05) is 10.9 Å². The van der Waals surface area contributed by atoms with E-state index in [-0.39, 0.29) is 10.7 Å². The van der Waals surface area contributed by atoms with E-state index in [2.05, 4.69) is 21.0 Å². The summed E-state index contributed by atoms with van der Waals surface area (Å²) in [6, 6.07) is 21.1. The highest BCUT2D eigenvalue weighted by atomic mass is 79.9. The zero-order chi connectivity index (χ0) is 19.7. The largest absolute Gasteiger partial charge is 0.279 e. The number of sulfonamides is 1. The van der Waals surface area contributed by atoms with Crippen LogP contribution in [0.2, 0.25) is 0 Å². The van der Waals surface area contributed by atoms with Crippen LogP contribution in [-0.4, -0.2) is 18.5 Å². The fraction of sp³-hybridized carbons (Fsp3) is 0.0952. The molecule has 0 spiro atoms. The third-order valence-electron chi connectivity index (χ3n) is 4.59. The minimum atomic E-state index is -3.85. The Bertz CT molecular complexity index is 1120. The molecule has 0 saturated carbocycles. The molecular formula is C21H16BrFN2O2S. The van der Waals surface area contributed by atoms with Crippen LogP contribution in [-0.2, 0) is 10.0 Å². The van der Waals surface area contributed by atoms with Crippen LogP contribution in [0.25, 0.3) is 0 Å². The summed E-state index contributed by atoms with van der Waals surface area (Å²) in [5, 5.41) is 4.47. The number of nitrogens with zero attached hydrogens (tertiary/aromatic N) is 2. The second-order valence-electron chi connectivity index (χ2n) is 6.42. The van der Waals surface area contributed by atoms with Crippen molar-refractivity contribution in [1.82, 2.24) is 4.41 Å². The monoisotopic (exact) mass is 458 g/mol. The first-order valence-corrected chi connectivity index (χ1v) is 10.9. The van der Waals surface area contributed by atoms with Crippen LogP contribution in [0.1, 0.15) is 23.6 Å². The predicted octanol–water partition coefficient (Wildman–Crippen LogP) is 5.13. The van der Waals surface area contributed by atoms with Crippen molar-refractivity contribution in [3.8, 4) is 0 Å². The molecule has 0 bridgehead atoms. The molecular weight excluding hydrogens is 443 g/mol. The van der Waals surface area contributed by atoms with E-state index in [0.29, 0.717) is 17.7 Å². The molecule has 28 heavy (non-hydrogen) atoms. The van der Waals surface area contributed by atoms with Gasteiger partial charge in [-0.15, -0.1) is 0 Å². The van der Waals surface area contributed by atoms with E-state index >= 15 is 0 Å². The molecule has 0 aromatic heterocycles. The highest BCUT2D eigenvalue weighted by Gasteiger charge is 2.37. The number of halogens is 2. The van der Waals surface area contributed by atoms with Crippen molar-refractivity contribution in [3.05, 3.63) is 100 Å².